The van der Waals surface area contributed by atoms with Crippen molar-refractivity contribution in [1.82, 2.24) is 10.8 Å². The lowest BCUT2D eigenvalue weighted by Crippen LogP contribution is -2.44. The Labute approximate surface area is 97.5 Å². The van der Waals surface area contributed by atoms with E-state index in [1.165, 1.54) is 0 Å². The van der Waals surface area contributed by atoms with Gasteiger partial charge in [0.1, 0.15) is 12.6 Å². The molecule has 0 radical (unpaired) electrons. The monoisotopic (exact) mass is 242 g/mol. The zero-order chi connectivity index (χ0) is 12.4. The van der Waals surface area contributed by atoms with Crippen molar-refractivity contribution in [3.8, 4) is 0 Å². The number of carboxylic acid groups (broad SMARTS) is 1. The molecule has 2 amide bonds. The van der Waals surface area contributed by atoms with Crippen molar-refractivity contribution in [1.29, 1.82) is 0 Å². The first-order chi connectivity index (χ1) is 8.08. The van der Waals surface area contributed by atoms with Crippen molar-refractivity contribution in [2.24, 2.45) is 11.8 Å². The van der Waals surface area contributed by atoms with Crippen LogP contribution >= 0.6 is 0 Å². The molecule has 7 nitrogen and oxygen atoms in total. The topological polar surface area (TPSA) is 105 Å². The fraction of sp³-hybridized carbons (Fsp3) is 0.700. The zero-order valence-electron chi connectivity index (χ0n) is 9.14. The number of rotatable bonds is 3. The summed E-state index contributed by atoms with van der Waals surface area (Å²) < 4.78 is 0. The van der Waals surface area contributed by atoms with E-state index >= 15 is 0 Å². The minimum Gasteiger partial charge on any atom is -0.481 e. The van der Waals surface area contributed by atoms with E-state index < -0.39 is 17.9 Å². The van der Waals surface area contributed by atoms with Gasteiger partial charge in [-0.3, -0.25) is 19.2 Å². The summed E-state index contributed by atoms with van der Waals surface area (Å²) in [5, 5.41) is 11.4. The van der Waals surface area contributed by atoms with Crippen LogP contribution in [0, 0.1) is 11.8 Å². The summed E-state index contributed by atoms with van der Waals surface area (Å²) >= 11 is 0. The standard InChI is InChI=1S/C10H14N2O5/c13-8(11-7-4-17-12-9(7)14)5-1-2-6(3-5)10(15)16/h5-7H,1-4H2,(H,11,13)(H,12,14)(H,15,16)/t5?,6?,7-/m1/s1. The zero-order valence-corrected chi connectivity index (χ0v) is 9.14. The van der Waals surface area contributed by atoms with Crippen LogP contribution in [0.2, 0.25) is 0 Å². The summed E-state index contributed by atoms with van der Waals surface area (Å²) in [4.78, 5) is 38.4. The molecule has 1 aliphatic heterocycles. The number of aliphatic carboxylic acids is 1. The molecule has 3 N–H and O–H groups in total. The Morgan fingerprint density at radius 1 is 1.35 bits per heavy atom. The average molecular weight is 242 g/mol. The molecule has 0 aromatic heterocycles. The summed E-state index contributed by atoms with van der Waals surface area (Å²) in [5.74, 6) is -2.25. The van der Waals surface area contributed by atoms with Crippen LogP contribution in [-0.4, -0.2) is 35.5 Å². The van der Waals surface area contributed by atoms with Gasteiger partial charge >= 0.3 is 5.97 Å². The van der Waals surface area contributed by atoms with Crippen LogP contribution in [0.4, 0.5) is 0 Å². The molecule has 2 fully saturated rings. The molecular weight excluding hydrogens is 228 g/mol. The van der Waals surface area contributed by atoms with Gasteiger partial charge in [0, 0.05) is 5.92 Å². The van der Waals surface area contributed by atoms with E-state index in [9.17, 15) is 14.4 Å². The predicted octanol–water partition coefficient (Wildman–Crippen LogP) is -0.966. The molecule has 0 bridgehead atoms. The highest BCUT2D eigenvalue weighted by Crippen LogP contribution is 2.31. The van der Waals surface area contributed by atoms with E-state index in [1.54, 1.807) is 0 Å². The Kier molecular flexibility index (Phi) is 3.28. The van der Waals surface area contributed by atoms with Crippen molar-refractivity contribution in [3.63, 3.8) is 0 Å². The molecule has 2 aliphatic rings. The number of hydrogen-bond donors (Lipinski definition) is 3. The minimum absolute atomic E-state index is 0.111. The Hall–Kier alpha value is -1.63. The first-order valence-corrected chi connectivity index (χ1v) is 5.52. The van der Waals surface area contributed by atoms with Gasteiger partial charge in [-0.2, -0.15) is 0 Å². The van der Waals surface area contributed by atoms with E-state index in [4.69, 9.17) is 5.11 Å². The molecule has 0 spiro atoms. The van der Waals surface area contributed by atoms with Crippen LogP contribution in [-0.2, 0) is 19.2 Å². The van der Waals surface area contributed by atoms with Crippen LogP contribution in [0.5, 0.6) is 0 Å². The minimum atomic E-state index is -0.859. The summed E-state index contributed by atoms with van der Waals surface area (Å²) in [6.45, 7) is 0.111. The highest BCUT2D eigenvalue weighted by Gasteiger charge is 2.36. The number of hydroxylamine groups is 1. The van der Waals surface area contributed by atoms with Crippen molar-refractivity contribution >= 4 is 17.8 Å². The highest BCUT2D eigenvalue weighted by molar-refractivity contribution is 5.89. The number of hydrogen-bond acceptors (Lipinski definition) is 4. The van der Waals surface area contributed by atoms with E-state index in [0.29, 0.717) is 19.3 Å². The second-order valence-electron chi connectivity index (χ2n) is 4.38. The summed E-state index contributed by atoms with van der Waals surface area (Å²) in [6, 6.07) is -0.661. The molecule has 0 aromatic carbocycles. The maximum absolute atomic E-state index is 11.8. The van der Waals surface area contributed by atoms with Gasteiger partial charge in [0.2, 0.25) is 5.91 Å². The molecule has 2 unspecified atom stereocenters. The maximum atomic E-state index is 11.8. The number of carbonyl (C=O) groups excluding carboxylic acids is 2. The molecule has 1 saturated heterocycles. The molecule has 3 atom stereocenters. The van der Waals surface area contributed by atoms with Crippen LogP contribution in [0.25, 0.3) is 0 Å². The van der Waals surface area contributed by atoms with E-state index in [0.717, 1.165) is 0 Å². The third-order valence-electron chi connectivity index (χ3n) is 3.21. The number of carboxylic acids is 1. The van der Waals surface area contributed by atoms with Crippen molar-refractivity contribution in [2.75, 3.05) is 6.61 Å². The molecule has 1 heterocycles. The average Bonchev–Trinajstić information content (AvgIpc) is 2.88. The molecule has 94 valence electrons. The Morgan fingerprint density at radius 2 is 2.06 bits per heavy atom. The molecule has 1 saturated carbocycles. The molecule has 2 rings (SSSR count). The fourth-order valence-electron chi connectivity index (χ4n) is 2.18. The third-order valence-corrected chi connectivity index (χ3v) is 3.21. The predicted molar refractivity (Wildman–Crippen MR) is 54.5 cm³/mol. The first-order valence-electron chi connectivity index (χ1n) is 5.52. The lowest BCUT2D eigenvalue weighted by molar-refractivity contribution is -0.141. The largest absolute Gasteiger partial charge is 0.481 e. The molecular formula is C10H14N2O5. The van der Waals surface area contributed by atoms with E-state index in [1.807, 2.05) is 0 Å². The Balaban J connectivity index is 1.85. The van der Waals surface area contributed by atoms with Gasteiger partial charge in [-0.15, -0.1) is 0 Å². The first kappa shape index (κ1) is 11.8. The normalized spacial score (nSPS) is 32.2. The molecule has 0 aromatic rings. The quantitative estimate of drug-likeness (QED) is 0.591. The fourth-order valence-corrected chi connectivity index (χ4v) is 2.18. The van der Waals surface area contributed by atoms with Gasteiger partial charge in [0.15, 0.2) is 0 Å². The number of amides is 2. The Bertz CT molecular complexity index is 357. The van der Waals surface area contributed by atoms with Crippen LogP contribution in [0.15, 0.2) is 0 Å². The Morgan fingerprint density at radius 3 is 2.59 bits per heavy atom. The maximum Gasteiger partial charge on any atom is 0.306 e. The SMILES string of the molecule is O=C(O)C1CCC(C(=O)N[C@@H]2CONC2=O)C1. The van der Waals surface area contributed by atoms with Crippen LogP contribution in [0.3, 0.4) is 0 Å². The summed E-state index contributed by atoms with van der Waals surface area (Å²) in [6.07, 6.45) is 1.41. The second-order valence-corrected chi connectivity index (χ2v) is 4.38. The lowest BCUT2D eigenvalue weighted by Gasteiger charge is -2.13. The molecule has 7 heteroatoms. The second kappa shape index (κ2) is 4.70. The van der Waals surface area contributed by atoms with Crippen molar-refractivity contribution in [3.05, 3.63) is 0 Å². The number of carbonyl (C=O) groups is 3. The third kappa shape index (κ3) is 2.55. The number of nitrogens with one attached hydrogen (secondary N) is 2. The van der Waals surface area contributed by atoms with Gasteiger partial charge in [0.25, 0.3) is 5.91 Å². The van der Waals surface area contributed by atoms with E-state index in [-0.39, 0.29) is 24.3 Å². The van der Waals surface area contributed by atoms with Gasteiger partial charge in [-0.25, -0.2) is 5.48 Å². The van der Waals surface area contributed by atoms with Crippen molar-refractivity contribution in [2.45, 2.75) is 25.3 Å². The van der Waals surface area contributed by atoms with Crippen LogP contribution in [0.1, 0.15) is 19.3 Å². The highest BCUT2D eigenvalue weighted by atomic mass is 16.7. The van der Waals surface area contributed by atoms with Crippen molar-refractivity contribution < 1.29 is 24.3 Å². The van der Waals surface area contributed by atoms with Gasteiger partial charge < -0.3 is 10.4 Å². The smallest absolute Gasteiger partial charge is 0.306 e. The summed E-state index contributed by atoms with van der Waals surface area (Å²) in [7, 11) is 0. The lowest BCUT2D eigenvalue weighted by atomic mass is 10.0. The van der Waals surface area contributed by atoms with Gasteiger partial charge in [-0.05, 0) is 19.3 Å². The van der Waals surface area contributed by atoms with Crippen LogP contribution < -0.4 is 10.8 Å². The molecule has 17 heavy (non-hydrogen) atoms. The summed E-state index contributed by atoms with van der Waals surface area (Å²) in [5.41, 5.74) is 2.14. The van der Waals surface area contributed by atoms with E-state index in [2.05, 4.69) is 15.6 Å². The van der Waals surface area contributed by atoms with Gasteiger partial charge in [-0.1, -0.05) is 0 Å². The van der Waals surface area contributed by atoms with Gasteiger partial charge in [0.05, 0.1) is 5.92 Å². The molecule has 1 aliphatic carbocycles.